The maximum Gasteiger partial charge on any atom is 0.192 e. The van der Waals surface area contributed by atoms with Crippen LogP contribution in [-0.2, 0) is 6.54 Å². The highest BCUT2D eigenvalue weighted by molar-refractivity contribution is 8.00. The van der Waals surface area contributed by atoms with Crippen LogP contribution in [0.15, 0.2) is 52.5 Å². The van der Waals surface area contributed by atoms with E-state index in [1.54, 1.807) is 45.0 Å². The van der Waals surface area contributed by atoms with Crippen molar-refractivity contribution in [2.45, 2.75) is 23.9 Å². The molecule has 0 saturated carbocycles. The second-order valence-corrected chi connectivity index (χ2v) is 6.82. The van der Waals surface area contributed by atoms with Gasteiger partial charge < -0.3 is 18.5 Å². The van der Waals surface area contributed by atoms with Gasteiger partial charge in [0.15, 0.2) is 22.4 Å². The molecule has 136 valence electrons. The normalized spacial score (nSPS) is 12.0. The first-order valence-electron chi connectivity index (χ1n) is 7.95. The van der Waals surface area contributed by atoms with Gasteiger partial charge in [-0.2, -0.15) is 0 Å². The lowest BCUT2D eigenvalue weighted by Crippen LogP contribution is -2.15. The molecule has 8 heteroatoms. The molecule has 0 saturated heterocycles. The zero-order chi connectivity index (χ0) is 18.5. The molecule has 0 bridgehead atoms. The van der Waals surface area contributed by atoms with Crippen molar-refractivity contribution in [3.63, 3.8) is 0 Å². The van der Waals surface area contributed by atoms with Crippen LogP contribution in [0, 0.1) is 0 Å². The first-order chi connectivity index (χ1) is 12.6. The van der Waals surface area contributed by atoms with E-state index in [4.69, 9.17) is 13.9 Å². The average Bonchev–Trinajstić information content (AvgIpc) is 3.33. The summed E-state index contributed by atoms with van der Waals surface area (Å²) in [5, 5.41) is 8.37. The summed E-state index contributed by atoms with van der Waals surface area (Å²) in [5.74, 6) is 1.88. The summed E-state index contributed by atoms with van der Waals surface area (Å²) in [6, 6.07) is 8.85. The lowest BCUT2D eigenvalue weighted by molar-refractivity contribution is 0.0993. The molecule has 0 amide bonds. The van der Waals surface area contributed by atoms with Crippen LogP contribution in [0.25, 0.3) is 0 Å². The number of benzene rings is 1. The number of Topliss-reactive ketones (excluding diaryl/α,β-unsaturated/α-hetero) is 1. The zero-order valence-corrected chi connectivity index (χ0v) is 15.5. The van der Waals surface area contributed by atoms with Crippen molar-refractivity contribution in [3.05, 3.63) is 54.2 Å². The van der Waals surface area contributed by atoms with Gasteiger partial charge in [0.05, 0.1) is 32.3 Å². The van der Waals surface area contributed by atoms with E-state index in [1.807, 2.05) is 23.6 Å². The van der Waals surface area contributed by atoms with Crippen molar-refractivity contribution in [2.24, 2.45) is 0 Å². The Morgan fingerprint density at radius 3 is 2.77 bits per heavy atom. The number of carbonyl (C=O) groups excluding carboxylic acids is 1. The first kappa shape index (κ1) is 18.1. The Bertz CT molecular complexity index is 876. The SMILES string of the molecule is COc1ccc(C(=O)[C@@H](C)Sc2nncn2Cc2ccco2)cc1OC. The summed E-state index contributed by atoms with van der Waals surface area (Å²) in [6.45, 7) is 2.36. The summed E-state index contributed by atoms with van der Waals surface area (Å²) >= 11 is 1.35. The van der Waals surface area contributed by atoms with Gasteiger partial charge >= 0.3 is 0 Å². The van der Waals surface area contributed by atoms with Gasteiger partial charge in [0.1, 0.15) is 12.1 Å². The fourth-order valence-electron chi connectivity index (χ4n) is 2.45. The third kappa shape index (κ3) is 3.91. The van der Waals surface area contributed by atoms with Crippen LogP contribution >= 0.6 is 11.8 Å². The van der Waals surface area contributed by atoms with Gasteiger partial charge in [-0.3, -0.25) is 4.79 Å². The second-order valence-electron chi connectivity index (χ2n) is 5.51. The Balaban J connectivity index is 1.73. The molecule has 26 heavy (non-hydrogen) atoms. The molecule has 2 aromatic heterocycles. The Morgan fingerprint density at radius 2 is 2.08 bits per heavy atom. The molecule has 0 fully saturated rings. The monoisotopic (exact) mass is 373 g/mol. The van der Waals surface area contributed by atoms with Gasteiger partial charge in [0.2, 0.25) is 0 Å². The van der Waals surface area contributed by atoms with E-state index in [0.717, 1.165) is 5.76 Å². The molecule has 2 heterocycles. The summed E-state index contributed by atoms with van der Waals surface area (Å²) in [4.78, 5) is 12.8. The Kier molecular flexibility index (Phi) is 5.62. The van der Waals surface area contributed by atoms with Gasteiger partial charge in [-0.05, 0) is 37.3 Å². The molecule has 7 nitrogen and oxygen atoms in total. The minimum Gasteiger partial charge on any atom is -0.493 e. The number of nitrogens with zero attached hydrogens (tertiary/aromatic N) is 3. The van der Waals surface area contributed by atoms with E-state index in [-0.39, 0.29) is 11.0 Å². The van der Waals surface area contributed by atoms with Crippen LogP contribution in [-0.4, -0.2) is 40.0 Å². The molecule has 0 unspecified atom stereocenters. The van der Waals surface area contributed by atoms with Crippen molar-refractivity contribution in [1.82, 2.24) is 14.8 Å². The van der Waals surface area contributed by atoms with Crippen LogP contribution in [0.2, 0.25) is 0 Å². The lowest BCUT2D eigenvalue weighted by Gasteiger charge is -2.13. The minimum atomic E-state index is -0.340. The Morgan fingerprint density at radius 1 is 1.27 bits per heavy atom. The predicted octanol–water partition coefficient (Wildman–Crippen LogP) is 3.30. The third-order valence-corrected chi connectivity index (χ3v) is 4.90. The number of rotatable bonds is 8. The second kappa shape index (κ2) is 8.09. The van der Waals surface area contributed by atoms with Gasteiger partial charge in [-0.1, -0.05) is 11.8 Å². The number of hydrogen-bond donors (Lipinski definition) is 0. The molecule has 3 aromatic rings. The predicted molar refractivity (Wildman–Crippen MR) is 97.0 cm³/mol. The molecule has 0 radical (unpaired) electrons. The number of thioether (sulfide) groups is 1. The summed E-state index contributed by atoms with van der Waals surface area (Å²) in [5.41, 5.74) is 0.555. The van der Waals surface area contributed by atoms with Crippen molar-refractivity contribution in [1.29, 1.82) is 0 Å². The number of aromatic nitrogens is 3. The largest absolute Gasteiger partial charge is 0.493 e. The molecule has 0 N–H and O–H groups in total. The summed E-state index contributed by atoms with van der Waals surface area (Å²) in [6.07, 6.45) is 3.24. The van der Waals surface area contributed by atoms with Crippen molar-refractivity contribution in [2.75, 3.05) is 14.2 Å². The number of carbonyl (C=O) groups is 1. The topological polar surface area (TPSA) is 79.4 Å². The molecule has 1 aromatic carbocycles. The Hall–Kier alpha value is -2.74. The zero-order valence-electron chi connectivity index (χ0n) is 14.7. The summed E-state index contributed by atoms with van der Waals surface area (Å²) < 4.78 is 17.7. The van der Waals surface area contributed by atoms with E-state index in [2.05, 4.69) is 10.2 Å². The van der Waals surface area contributed by atoms with E-state index in [1.165, 1.54) is 11.8 Å². The molecule has 3 rings (SSSR count). The van der Waals surface area contributed by atoms with Crippen LogP contribution in [0.3, 0.4) is 0 Å². The van der Waals surface area contributed by atoms with Crippen molar-refractivity contribution in [3.8, 4) is 11.5 Å². The molecule has 0 aliphatic carbocycles. The number of furan rings is 1. The van der Waals surface area contributed by atoms with E-state index in [0.29, 0.717) is 28.8 Å². The third-order valence-electron chi connectivity index (χ3n) is 3.81. The molecule has 0 aliphatic heterocycles. The fourth-order valence-corrected chi connectivity index (χ4v) is 3.35. The number of ether oxygens (including phenoxy) is 2. The number of hydrogen-bond acceptors (Lipinski definition) is 7. The Labute approximate surface area is 155 Å². The van der Waals surface area contributed by atoms with E-state index >= 15 is 0 Å². The lowest BCUT2D eigenvalue weighted by atomic mass is 10.1. The van der Waals surface area contributed by atoms with Crippen LogP contribution in [0.4, 0.5) is 0 Å². The maximum atomic E-state index is 12.8. The van der Waals surface area contributed by atoms with Crippen LogP contribution in [0.5, 0.6) is 11.5 Å². The average molecular weight is 373 g/mol. The fraction of sp³-hybridized carbons (Fsp3) is 0.278. The number of methoxy groups -OCH3 is 2. The van der Waals surface area contributed by atoms with Crippen molar-refractivity contribution < 1.29 is 18.7 Å². The maximum absolute atomic E-state index is 12.8. The molecule has 0 aliphatic rings. The van der Waals surface area contributed by atoms with Gasteiger partial charge in [-0.15, -0.1) is 10.2 Å². The van der Waals surface area contributed by atoms with Crippen LogP contribution < -0.4 is 9.47 Å². The highest BCUT2D eigenvalue weighted by Gasteiger charge is 2.21. The highest BCUT2D eigenvalue weighted by Crippen LogP contribution is 2.30. The van der Waals surface area contributed by atoms with Gasteiger partial charge in [0.25, 0.3) is 0 Å². The van der Waals surface area contributed by atoms with Gasteiger partial charge in [-0.25, -0.2) is 0 Å². The summed E-state index contributed by atoms with van der Waals surface area (Å²) in [7, 11) is 3.10. The van der Waals surface area contributed by atoms with Gasteiger partial charge in [0, 0.05) is 5.56 Å². The molecular formula is C18H19N3O4S. The molecule has 0 spiro atoms. The minimum absolute atomic E-state index is 0.0245. The van der Waals surface area contributed by atoms with Crippen LogP contribution in [0.1, 0.15) is 23.0 Å². The molecule has 1 atom stereocenters. The highest BCUT2D eigenvalue weighted by atomic mass is 32.2. The standard InChI is InChI=1S/C18H19N3O4S/c1-12(17(22)13-6-7-15(23-2)16(9-13)24-3)26-18-20-19-11-21(18)10-14-5-4-8-25-14/h4-9,11-12H,10H2,1-3H3/t12-/m1/s1. The molecular weight excluding hydrogens is 354 g/mol. The number of ketones is 1. The van der Waals surface area contributed by atoms with Crippen molar-refractivity contribution >= 4 is 17.5 Å². The van der Waals surface area contributed by atoms with E-state index in [9.17, 15) is 4.79 Å². The quantitative estimate of drug-likeness (QED) is 0.443. The smallest absolute Gasteiger partial charge is 0.192 e. The van der Waals surface area contributed by atoms with E-state index < -0.39 is 0 Å². The first-order valence-corrected chi connectivity index (χ1v) is 8.83.